The summed E-state index contributed by atoms with van der Waals surface area (Å²) in [5.41, 5.74) is 0. The van der Waals surface area contributed by atoms with Crippen molar-refractivity contribution in [1.82, 2.24) is 4.72 Å². The summed E-state index contributed by atoms with van der Waals surface area (Å²) in [6.45, 7) is 1.81. The zero-order valence-corrected chi connectivity index (χ0v) is 5.66. The van der Waals surface area contributed by atoms with Gasteiger partial charge < -0.3 is 4.74 Å². The molecule has 0 bridgehead atoms. The predicted octanol–water partition coefficient (Wildman–Crippen LogP) is 0.600. The Labute approximate surface area is 55.1 Å². The summed E-state index contributed by atoms with van der Waals surface area (Å²) in [5, 5.41) is 0. The molecule has 0 aromatic heterocycles. The topological polar surface area (TPSA) is 21.3 Å². The first-order chi connectivity index (χ1) is 3.93. The molecule has 1 saturated heterocycles. The van der Waals surface area contributed by atoms with E-state index in [-0.39, 0.29) is 0 Å². The van der Waals surface area contributed by atoms with Crippen molar-refractivity contribution in [3.05, 3.63) is 0 Å². The van der Waals surface area contributed by atoms with Crippen LogP contribution in [0.4, 0.5) is 0 Å². The maximum Gasteiger partial charge on any atom is 0.0709 e. The van der Waals surface area contributed by atoms with Crippen LogP contribution in [0, 0.1) is 0 Å². The lowest BCUT2D eigenvalue weighted by Crippen LogP contribution is -2.18. The summed E-state index contributed by atoms with van der Waals surface area (Å²) >= 11 is 3.87. The van der Waals surface area contributed by atoms with Crippen molar-refractivity contribution in [3.8, 4) is 0 Å². The van der Waals surface area contributed by atoms with Crippen LogP contribution in [0.3, 0.4) is 0 Å². The van der Waals surface area contributed by atoms with E-state index in [2.05, 4.69) is 17.5 Å². The number of ether oxygens (including phenoxy) is 1. The zero-order valence-electron chi connectivity index (χ0n) is 4.76. The summed E-state index contributed by atoms with van der Waals surface area (Å²) in [6.07, 6.45) is 2.82. The van der Waals surface area contributed by atoms with Gasteiger partial charge in [0, 0.05) is 13.2 Å². The van der Waals surface area contributed by atoms with E-state index < -0.39 is 0 Å². The first kappa shape index (κ1) is 6.39. The fourth-order valence-corrected chi connectivity index (χ4v) is 1.11. The molecule has 8 heavy (non-hydrogen) atoms. The van der Waals surface area contributed by atoms with Crippen LogP contribution in [0.25, 0.3) is 0 Å². The molecule has 0 aromatic rings. The monoisotopic (exact) mass is 133 g/mol. The molecule has 0 aromatic carbocycles. The minimum Gasteiger partial charge on any atom is -0.377 e. The van der Waals surface area contributed by atoms with Crippen LogP contribution in [0.5, 0.6) is 0 Å². The van der Waals surface area contributed by atoms with Gasteiger partial charge in [-0.15, -0.1) is 0 Å². The zero-order chi connectivity index (χ0) is 5.82. The Balaban J connectivity index is 2.06. The third kappa shape index (κ3) is 1.65. The molecule has 1 heterocycles. The van der Waals surface area contributed by atoms with Crippen LogP contribution < -0.4 is 4.72 Å². The lowest BCUT2D eigenvalue weighted by atomic mass is 10.2. The smallest absolute Gasteiger partial charge is 0.0709 e. The van der Waals surface area contributed by atoms with Crippen molar-refractivity contribution >= 4 is 12.8 Å². The molecular formula is C5H11NOS. The molecule has 0 saturated carbocycles. The second-order valence-corrected chi connectivity index (χ2v) is 2.31. The third-order valence-corrected chi connectivity index (χ3v) is 1.53. The maximum absolute atomic E-state index is 5.28. The summed E-state index contributed by atoms with van der Waals surface area (Å²) < 4.78 is 8.06. The molecule has 1 aliphatic rings. The largest absolute Gasteiger partial charge is 0.377 e. The molecule has 1 fully saturated rings. The van der Waals surface area contributed by atoms with Gasteiger partial charge in [0.05, 0.1) is 6.10 Å². The standard InChI is InChI=1S/C5H11NOS/c8-6-4-5-2-1-3-7-5/h5-6,8H,1-4H2. The van der Waals surface area contributed by atoms with Crippen molar-refractivity contribution in [3.63, 3.8) is 0 Å². The summed E-state index contributed by atoms with van der Waals surface area (Å²) in [4.78, 5) is 0. The lowest BCUT2D eigenvalue weighted by molar-refractivity contribution is 0.115. The third-order valence-electron chi connectivity index (χ3n) is 1.34. The number of thiol groups is 1. The van der Waals surface area contributed by atoms with Crippen molar-refractivity contribution in [1.29, 1.82) is 0 Å². The fraction of sp³-hybridized carbons (Fsp3) is 1.00. The van der Waals surface area contributed by atoms with E-state index in [0.717, 1.165) is 13.2 Å². The molecule has 0 aliphatic carbocycles. The number of hydrogen-bond acceptors (Lipinski definition) is 3. The van der Waals surface area contributed by atoms with Crippen molar-refractivity contribution in [2.45, 2.75) is 18.9 Å². The molecule has 1 unspecified atom stereocenters. The average Bonchev–Trinajstić information content (AvgIpc) is 2.19. The van der Waals surface area contributed by atoms with E-state index in [0.29, 0.717) is 6.10 Å². The van der Waals surface area contributed by atoms with Gasteiger partial charge in [0.15, 0.2) is 0 Å². The Morgan fingerprint density at radius 3 is 3.12 bits per heavy atom. The highest BCUT2D eigenvalue weighted by Gasteiger charge is 2.13. The van der Waals surface area contributed by atoms with Gasteiger partial charge in [-0.25, -0.2) is 0 Å². The fourth-order valence-electron chi connectivity index (χ4n) is 0.907. The van der Waals surface area contributed by atoms with E-state index in [9.17, 15) is 0 Å². The molecule has 2 nitrogen and oxygen atoms in total. The minimum absolute atomic E-state index is 0.424. The average molecular weight is 133 g/mol. The maximum atomic E-state index is 5.28. The van der Waals surface area contributed by atoms with Crippen LogP contribution in [-0.4, -0.2) is 19.3 Å². The van der Waals surface area contributed by atoms with E-state index >= 15 is 0 Å². The van der Waals surface area contributed by atoms with E-state index in [1.165, 1.54) is 12.8 Å². The molecule has 0 amide bonds. The van der Waals surface area contributed by atoms with Gasteiger partial charge in [0.2, 0.25) is 0 Å². The normalized spacial score (nSPS) is 28.9. The first-order valence-corrected chi connectivity index (χ1v) is 3.37. The minimum atomic E-state index is 0.424. The van der Waals surface area contributed by atoms with Gasteiger partial charge in [-0.2, -0.15) is 0 Å². The quantitative estimate of drug-likeness (QED) is 0.538. The highest BCUT2D eigenvalue weighted by atomic mass is 32.1. The van der Waals surface area contributed by atoms with Gasteiger partial charge in [0.1, 0.15) is 0 Å². The van der Waals surface area contributed by atoms with E-state index in [4.69, 9.17) is 4.74 Å². The second kappa shape index (κ2) is 3.33. The Morgan fingerprint density at radius 1 is 1.75 bits per heavy atom. The molecular weight excluding hydrogens is 122 g/mol. The van der Waals surface area contributed by atoms with E-state index in [1.807, 2.05) is 0 Å². The van der Waals surface area contributed by atoms with Crippen molar-refractivity contribution in [2.24, 2.45) is 0 Å². The molecule has 1 N–H and O–H groups in total. The predicted molar refractivity (Wildman–Crippen MR) is 36.0 cm³/mol. The molecule has 1 aliphatic heterocycles. The highest BCUT2D eigenvalue weighted by Crippen LogP contribution is 2.10. The summed E-state index contributed by atoms with van der Waals surface area (Å²) in [6, 6.07) is 0. The van der Waals surface area contributed by atoms with Crippen molar-refractivity contribution < 1.29 is 4.74 Å². The van der Waals surface area contributed by atoms with Crippen LogP contribution >= 0.6 is 12.8 Å². The molecule has 1 atom stereocenters. The van der Waals surface area contributed by atoms with Crippen LogP contribution in [-0.2, 0) is 4.74 Å². The lowest BCUT2D eigenvalue weighted by Gasteiger charge is -2.05. The first-order valence-electron chi connectivity index (χ1n) is 2.92. The molecule has 0 radical (unpaired) electrons. The molecule has 3 heteroatoms. The Kier molecular flexibility index (Phi) is 2.66. The Bertz CT molecular complexity index is 63.4. The number of nitrogens with one attached hydrogen (secondary N) is 1. The van der Waals surface area contributed by atoms with E-state index in [1.54, 1.807) is 0 Å². The van der Waals surface area contributed by atoms with Gasteiger partial charge in [-0.05, 0) is 12.8 Å². The van der Waals surface area contributed by atoms with Gasteiger partial charge in [0.25, 0.3) is 0 Å². The number of rotatable bonds is 2. The Morgan fingerprint density at radius 2 is 2.62 bits per heavy atom. The van der Waals surface area contributed by atoms with Crippen molar-refractivity contribution in [2.75, 3.05) is 13.2 Å². The molecule has 0 spiro atoms. The second-order valence-electron chi connectivity index (χ2n) is 2.00. The van der Waals surface area contributed by atoms with Gasteiger partial charge >= 0.3 is 0 Å². The van der Waals surface area contributed by atoms with Crippen LogP contribution in [0.1, 0.15) is 12.8 Å². The van der Waals surface area contributed by atoms with Crippen LogP contribution in [0.15, 0.2) is 0 Å². The summed E-state index contributed by atoms with van der Waals surface area (Å²) in [5.74, 6) is 0. The summed E-state index contributed by atoms with van der Waals surface area (Å²) in [7, 11) is 0. The van der Waals surface area contributed by atoms with Gasteiger partial charge in [-0.1, -0.05) is 12.8 Å². The Hall–Kier alpha value is 0.270. The molecule has 1 rings (SSSR count). The van der Waals surface area contributed by atoms with Gasteiger partial charge in [-0.3, -0.25) is 4.72 Å². The highest BCUT2D eigenvalue weighted by molar-refractivity contribution is 7.78. The number of hydrogen-bond donors (Lipinski definition) is 2. The van der Waals surface area contributed by atoms with Crippen LogP contribution in [0.2, 0.25) is 0 Å². The molecule has 48 valence electrons. The SMILES string of the molecule is SNCC1CCCO1.